The second-order valence-corrected chi connectivity index (χ2v) is 0. The molecule has 0 aliphatic carbocycles. The molecule has 0 saturated heterocycles. The zero-order chi connectivity index (χ0) is 0. The van der Waals surface area contributed by atoms with Crippen molar-refractivity contribution in [2.75, 3.05) is 0 Å². The summed E-state index contributed by atoms with van der Waals surface area (Å²) >= 11 is 0. The SMILES string of the molecule is [Ce].[Ce].[Nd+3].[Nd+3].[O-2].[O-2].[O-2]. The largest absolute Gasteiger partial charge is 3.00 e. The van der Waals surface area contributed by atoms with E-state index in [0.717, 1.165) is 0 Å². The molecular formula is Ce2Nd2O3. The van der Waals surface area contributed by atoms with E-state index in [0.29, 0.717) is 0 Å². The topological polar surface area (TPSA) is 85.5 Å². The standard InChI is InChI=1S/2Ce.2Nd.3O/q;;2*+3;3*-2. The van der Waals surface area contributed by atoms with Crippen LogP contribution in [0.1, 0.15) is 0 Å². The van der Waals surface area contributed by atoms with Crippen molar-refractivity contribution in [2.45, 2.75) is 0 Å². The molecule has 0 saturated carbocycles. The fraction of sp³-hybridized carbons (Fsp3) is 0. The van der Waals surface area contributed by atoms with Crippen molar-refractivity contribution in [1.29, 1.82) is 0 Å². The summed E-state index contributed by atoms with van der Waals surface area (Å²) in [6.45, 7) is 0. The summed E-state index contributed by atoms with van der Waals surface area (Å²) < 4.78 is 0. The Balaban J connectivity index is 0. The Morgan fingerprint density at radius 2 is 0.429 bits per heavy atom. The third-order valence-corrected chi connectivity index (χ3v) is 0. The van der Waals surface area contributed by atoms with E-state index in [1.54, 1.807) is 0 Å². The van der Waals surface area contributed by atoms with E-state index >= 15 is 0 Å². The van der Waals surface area contributed by atoms with Gasteiger partial charge in [0.25, 0.3) is 0 Å². The number of rotatable bonds is 0. The Morgan fingerprint density at radius 1 is 0.429 bits per heavy atom. The van der Waals surface area contributed by atoms with Crippen LogP contribution in [-0.4, -0.2) is 0 Å². The molecule has 0 aromatic rings. The summed E-state index contributed by atoms with van der Waals surface area (Å²) in [6.07, 6.45) is 0. The maximum absolute atomic E-state index is 0. The number of hydrogen-bond acceptors (Lipinski definition) is 0. The molecule has 0 amide bonds. The summed E-state index contributed by atoms with van der Waals surface area (Å²) in [6, 6.07) is 0. The molecule has 0 aromatic carbocycles. The van der Waals surface area contributed by atoms with Crippen LogP contribution in [0.4, 0.5) is 0 Å². The van der Waals surface area contributed by atoms with E-state index in [1.165, 1.54) is 0 Å². The van der Waals surface area contributed by atoms with Crippen LogP contribution in [-0.2, 0) is 16.4 Å². The van der Waals surface area contributed by atoms with Gasteiger partial charge in [-0.3, -0.25) is 0 Å². The van der Waals surface area contributed by atoms with Gasteiger partial charge in [-0.1, -0.05) is 0 Å². The van der Waals surface area contributed by atoms with E-state index < -0.39 is 0 Å². The van der Waals surface area contributed by atoms with Gasteiger partial charge in [-0.2, -0.15) is 0 Å². The average molecular weight is 617 g/mol. The van der Waals surface area contributed by atoms with E-state index in [2.05, 4.69) is 0 Å². The van der Waals surface area contributed by atoms with E-state index in [4.69, 9.17) is 0 Å². The monoisotopic (exact) mass is 612 g/mol. The zero-order valence-electron chi connectivity index (χ0n) is 3.22. The molecular weight excluding hydrogens is 617 g/mol. The number of hydrogen-bond donors (Lipinski definition) is 0. The second-order valence-electron chi connectivity index (χ2n) is 0. The maximum atomic E-state index is 0. The van der Waals surface area contributed by atoms with Crippen molar-refractivity contribution in [2.24, 2.45) is 0 Å². The summed E-state index contributed by atoms with van der Waals surface area (Å²) in [5.41, 5.74) is 0. The van der Waals surface area contributed by atoms with Crippen molar-refractivity contribution in [3.8, 4) is 0 Å². The van der Waals surface area contributed by atoms with Crippen LogP contribution in [0.5, 0.6) is 0 Å². The Kier molecular flexibility index (Phi) is 338. The minimum atomic E-state index is 0. The summed E-state index contributed by atoms with van der Waals surface area (Å²) in [7, 11) is 0. The molecule has 34 valence electrons. The molecule has 3 nitrogen and oxygen atoms in total. The summed E-state index contributed by atoms with van der Waals surface area (Å²) in [5, 5.41) is 0. The van der Waals surface area contributed by atoms with Crippen molar-refractivity contribution in [1.82, 2.24) is 0 Å². The van der Waals surface area contributed by atoms with Gasteiger partial charge in [-0.05, 0) is 0 Å². The summed E-state index contributed by atoms with van der Waals surface area (Å²) in [4.78, 5) is 0. The van der Waals surface area contributed by atoms with Gasteiger partial charge in [-0.25, -0.2) is 0 Å². The molecule has 0 rings (SSSR count). The Bertz CT molecular complexity index is 10.9. The first kappa shape index (κ1) is 55.7. The predicted octanol–water partition coefficient (Wildman–Crippen LogP) is -0.356. The van der Waals surface area contributed by atoms with E-state index in [-0.39, 0.29) is 182 Å². The van der Waals surface area contributed by atoms with Crippen LogP contribution in [0.3, 0.4) is 0 Å². The molecule has 0 atom stereocenters. The molecule has 7 heteroatoms. The normalized spacial score (nSPS) is 0. The second kappa shape index (κ2) is 42.5. The van der Waals surface area contributed by atoms with Crippen molar-refractivity contribution in [3.63, 3.8) is 0 Å². The molecule has 0 aliphatic heterocycles. The third-order valence-electron chi connectivity index (χ3n) is 0. The molecule has 0 heterocycles. The van der Waals surface area contributed by atoms with Crippen molar-refractivity contribution < 1.29 is 182 Å². The van der Waals surface area contributed by atoms with Gasteiger partial charge in [0, 0.05) is 83.5 Å². The molecule has 0 fully saturated rings. The first-order chi connectivity index (χ1) is 0. The molecule has 0 aromatic heterocycles. The van der Waals surface area contributed by atoms with Gasteiger partial charge in [-0.15, -0.1) is 0 Å². The molecule has 0 spiro atoms. The smallest absolute Gasteiger partial charge is 2.00 e. The fourth-order valence-corrected chi connectivity index (χ4v) is 0. The van der Waals surface area contributed by atoms with Gasteiger partial charge in [0.05, 0.1) is 0 Å². The van der Waals surface area contributed by atoms with Gasteiger partial charge >= 0.3 is 81.7 Å². The van der Waals surface area contributed by atoms with Gasteiger partial charge in [0.15, 0.2) is 0 Å². The minimum absolute atomic E-state index is 0. The Morgan fingerprint density at radius 3 is 0.429 bits per heavy atom. The van der Waals surface area contributed by atoms with Crippen LogP contribution in [0.2, 0.25) is 0 Å². The van der Waals surface area contributed by atoms with E-state index in [9.17, 15) is 0 Å². The van der Waals surface area contributed by atoms with E-state index in [1.807, 2.05) is 0 Å². The predicted molar refractivity (Wildman–Crippen MR) is 2.06 cm³/mol. The minimum Gasteiger partial charge on any atom is -2.00 e. The van der Waals surface area contributed by atoms with Gasteiger partial charge in [0.1, 0.15) is 0 Å². The molecule has 0 bridgehead atoms. The first-order valence-corrected chi connectivity index (χ1v) is 0. The molecule has 7 heavy (non-hydrogen) atoms. The quantitative estimate of drug-likeness (QED) is 0.357. The third kappa shape index (κ3) is 34.7. The Hall–Kier alpha value is 5.33. The van der Waals surface area contributed by atoms with Crippen LogP contribution < -0.4 is 0 Å². The van der Waals surface area contributed by atoms with Crippen LogP contribution >= 0.6 is 0 Å². The Labute approximate surface area is 176 Å². The van der Waals surface area contributed by atoms with Crippen LogP contribution in [0, 0.1) is 165 Å². The van der Waals surface area contributed by atoms with Crippen LogP contribution in [0.25, 0.3) is 0 Å². The van der Waals surface area contributed by atoms with Crippen molar-refractivity contribution >= 4 is 0 Å². The van der Waals surface area contributed by atoms with Crippen molar-refractivity contribution in [3.05, 3.63) is 0 Å². The average Bonchev–Trinajstić information content (AvgIpc) is 0. The molecule has 0 aliphatic rings. The van der Waals surface area contributed by atoms with Gasteiger partial charge < -0.3 is 16.4 Å². The molecule has 2 radical (unpaired) electrons. The summed E-state index contributed by atoms with van der Waals surface area (Å²) in [5.74, 6) is 0. The fourth-order valence-electron chi connectivity index (χ4n) is 0. The van der Waals surface area contributed by atoms with Crippen LogP contribution in [0.15, 0.2) is 0 Å². The molecule has 0 N–H and O–H groups in total. The maximum Gasteiger partial charge on any atom is 3.00 e. The molecule has 0 unspecified atom stereocenters. The van der Waals surface area contributed by atoms with Gasteiger partial charge in [0.2, 0.25) is 0 Å². The first-order valence-electron chi connectivity index (χ1n) is 0. The zero-order valence-corrected chi connectivity index (χ0v) is 15.9.